The van der Waals surface area contributed by atoms with Crippen LogP contribution in [0.25, 0.3) is 10.8 Å². The standard InChI is InChI=1S/C18H20N2O/c1-2-12-21-18(13-20-11-10-19-14-20)17-9-5-7-15-6-3-4-8-16(15)17/h3-11,14,18H,2,12-13H2,1H3. The number of nitrogens with zero attached hydrogens (tertiary/aromatic N) is 2. The minimum Gasteiger partial charge on any atom is -0.372 e. The summed E-state index contributed by atoms with van der Waals surface area (Å²) in [6.45, 7) is 3.69. The number of imidazole rings is 1. The largest absolute Gasteiger partial charge is 0.372 e. The molecule has 0 aliphatic carbocycles. The van der Waals surface area contributed by atoms with Crippen molar-refractivity contribution in [2.24, 2.45) is 0 Å². The van der Waals surface area contributed by atoms with Crippen LogP contribution in [0, 0.1) is 0 Å². The van der Waals surface area contributed by atoms with Gasteiger partial charge in [-0.15, -0.1) is 0 Å². The highest BCUT2D eigenvalue weighted by Gasteiger charge is 2.15. The van der Waals surface area contributed by atoms with Crippen molar-refractivity contribution in [3.8, 4) is 0 Å². The van der Waals surface area contributed by atoms with E-state index in [9.17, 15) is 0 Å². The average Bonchev–Trinajstić information content (AvgIpc) is 3.04. The van der Waals surface area contributed by atoms with Gasteiger partial charge in [0.2, 0.25) is 0 Å². The van der Waals surface area contributed by atoms with Crippen LogP contribution in [0.2, 0.25) is 0 Å². The quantitative estimate of drug-likeness (QED) is 0.676. The smallest absolute Gasteiger partial charge is 0.101 e. The van der Waals surface area contributed by atoms with E-state index >= 15 is 0 Å². The van der Waals surface area contributed by atoms with Gasteiger partial charge in [-0.3, -0.25) is 0 Å². The molecular formula is C18H20N2O. The van der Waals surface area contributed by atoms with Gasteiger partial charge in [0.1, 0.15) is 6.10 Å². The van der Waals surface area contributed by atoms with Crippen LogP contribution in [0.1, 0.15) is 25.0 Å². The number of hydrogen-bond donors (Lipinski definition) is 0. The van der Waals surface area contributed by atoms with Gasteiger partial charge in [-0.25, -0.2) is 4.98 Å². The molecule has 108 valence electrons. The van der Waals surface area contributed by atoms with Crippen LogP contribution < -0.4 is 0 Å². The third-order valence-corrected chi connectivity index (χ3v) is 3.63. The third kappa shape index (κ3) is 3.14. The number of fused-ring (bicyclic) bond motifs is 1. The Balaban J connectivity index is 1.97. The summed E-state index contributed by atoms with van der Waals surface area (Å²) in [5, 5.41) is 2.52. The molecule has 2 aromatic carbocycles. The number of aromatic nitrogens is 2. The van der Waals surface area contributed by atoms with Gasteiger partial charge in [0.05, 0.1) is 12.9 Å². The molecule has 0 saturated heterocycles. The highest BCUT2D eigenvalue weighted by Crippen LogP contribution is 2.28. The van der Waals surface area contributed by atoms with Crippen molar-refractivity contribution < 1.29 is 4.74 Å². The molecular weight excluding hydrogens is 260 g/mol. The van der Waals surface area contributed by atoms with Crippen LogP contribution in [0.5, 0.6) is 0 Å². The molecule has 1 unspecified atom stereocenters. The van der Waals surface area contributed by atoms with E-state index in [2.05, 4.69) is 58.9 Å². The predicted octanol–water partition coefficient (Wildman–Crippen LogP) is 4.20. The molecule has 0 saturated carbocycles. The summed E-state index contributed by atoms with van der Waals surface area (Å²) in [7, 11) is 0. The molecule has 3 heteroatoms. The Bertz CT molecular complexity index is 686. The maximum absolute atomic E-state index is 6.11. The van der Waals surface area contributed by atoms with E-state index in [1.807, 2.05) is 12.5 Å². The van der Waals surface area contributed by atoms with Gasteiger partial charge >= 0.3 is 0 Å². The fraction of sp³-hybridized carbons (Fsp3) is 0.278. The van der Waals surface area contributed by atoms with Crippen LogP contribution >= 0.6 is 0 Å². The Hall–Kier alpha value is -2.13. The van der Waals surface area contributed by atoms with Crippen LogP contribution in [0.15, 0.2) is 61.2 Å². The second kappa shape index (κ2) is 6.55. The number of benzene rings is 2. The Labute approximate surface area is 125 Å². The van der Waals surface area contributed by atoms with Gasteiger partial charge in [0.15, 0.2) is 0 Å². The van der Waals surface area contributed by atoms with Crippen LogP contribution in [0.4, 0.5) is 0 Å². The van der Waals surface area contributed by atoms with Gasteiger partial charge in [-0.2, -0.15) is 0 Å². The Morgan fingerprint density at radius 2 is 2.00 bits per heavy atom. The molecule has 3 nitrogen and oxygen atoms in total. The lowest BCUT2D eigenvalue weighted by Gasteiger charge is -2.20. The molecule has 0 amide bonds. The maximum Gasteiger partial charge on any atom is 0.101 e. The molecule has 0 aliphatic heterocycles. The van der Waals surface area contributed by atoms with E-state index in [-0.39, 0.29) is 6.10 Å². The normalized spacial score (nSPS) is 12.6. The van der Waals surface area contributed by atoms with Gasteiger partial charge in [0, 0.05) is 19.0 Å². The summed E-state index contributed by atoms with van der Waals surface area (Å²) in [4.78, 5) is 4.12. The molecule has 1 heterocycles. The second-order valence-corrected chi connectivity index (χ2v) is 5.19. The maximum atomic E-state index is 6.11. The Kier molecular flexibility index (Phi) is 4.31. The van der Waals surface area contributed by atoms with Crippen LogP contribution in [-0.2, 0) is 11.3 Å². The van der Waals surface area contributed by atoms with Crippen molar-refractivity contribution in [1.29, 1.82) is 0 Å². The predicted molar refractivity (Wildman–Crippen MR) is 85.2 cm³/mol. The van der Waals surface area contributed by atoms with Crippen LogP contribution in [0.3, 0.4) is 0 Å². The zero-order valence-corrected chi connectivity index (χ0v) is 12.3. The first-order valence-corrected chi connectivity index (χ1v) is 7.43. The number of rotatable bonds is 6. The zero-order valence-electron chi connectivity index (χ0n) is 12.3. The lowest BCUT2D eigenvalue weighted by Crippen LogP contribution is -2.13. The summed E-state index contributed by atoms with van der Waals surface area (Å²) in [5.41, 5.74) is 1.25. The van der Waals surface area contributed by atoms with E-state index in [0.717, 1.165) is 19.6 Å². The van der Waals surface area contributed by atoms with E-state index in [0.29, 0.717) is 0 Å². The van der Waals surface area contributed by atoms with Crippen molar-refractivity contribution in [3.63, 3.8) is 0 Å². The molecule has 3 rings (SSSR count). The first-order valence-electron chi connectivity index (χ1n) is 7.43. The Morgan fingerprint density at radius 3 is 2.81 bits per heavy atom. The monoisotopic (exact) mass is 280 g/mol. The van der Waals surface area contributed by atoms with Crippen molar-refractivity contribution in [3.05, 3.63) is 66.7 Å². The lowest BCUT2D eigenvalue weighted by molar-refractivity contribution is 0.0418. The SMILES string of the molecule is CCCOC(Cn1ccnc1)c1cccc2ccccc12. The molecule has 1 aromatic heterocycles. The topological polar surface area (TPSA) is 27.1 Å². The minimum atomic E-state index is 0.0465. The summed E-state index contributed by atoms with van der Waals surface area (Å²) in [6, 6.07) is 14.9. The highest BCUT2D eigenvalue weighted by atomic mass is 16.5. The molecule has 0 radical (unpaired) electrons. The first-order chi connectivity index (χ1) is 10.4. The molecule has 0 aliphatic rings. The van der Waals surface area contributed by atoms with E-state index in [1.54, 1.807) is 6.20 Å². The number of ether oxygens (including phenoxy) is 1. The lowest BCUT2D eigenvalue weighted by atomic mass is 10.00. The van der Waals surface area contributed by atoms with Crippen molar-refractivity contribution in [1.82, 2.24) is 9.55 Å². The first kappa shape index (κ1) is 13.8. The highest BCUT2D eigenvalue weighted by molar-refractivity contribution is 5.85. The second-order valence-electron chi connectivity index (χ2n) is 5.19. The summed E-state index contributed by atoms with van der Waals surface area (Å²) in [6.07, 6.45) is 6.69. The zero-order chi connectivity index (χ0) is 14.5. The average molecular weight is 280 g/mol. The number of hydrogen-bond acceptors (Lipinski definition) is 2. The third-order valence-electron chi connectivity index (χ3n) is 3.63. The van der Waals surface area contributed by atoms with Gasteiger partial charge < -0.3 is 9.30 Å². The van der Waals surface area contributed by atoms with Crippen LogP contribution in [-0.4, -0.2) is 16.2 Å². The fourth-order valence-electron chi connectivity index (χ4n) is 2.62. The van der Waals surface area contributed by atoms with Crippen molar-refractivity contribution in [2.75, 3.05) is 6.61 Å². The van der Waals surface area contributed by atoms with E-state index in [4.69, 9.17) is 4.74 Å². The molecule has 0 N–H and O–H groups in total. The molecule has 0 spiro atoms. The molecule has 21 heavy (non-hydrogen) atoms. The Morgan fingerprint density at radius 1 is 1.14 bits per heavy atom. The summed E-state index contributed by atoms with van der Waals surface area (Å²) < 4.78 is 8.18. The molecule has 0 bridgehead atoms. The fourth-order valence-corrected chi connectivity index (χ4v) is 2.62. The van der Waals surface area contributed by atoms with Gasteiger partial charge in [-0.05, 0) is 22.8 Å². The molecule has 1 atom stereocenters. The molecule has 3 aromatic rings. The molecule has 0 fully saturated rings. The van der Waals surface area contributed by atoms with Crippen molar-refractivity contribution >= 4 is 10.8 Å². The van der Waals surface area contributed by atoms with Crippen molar-refractivity contribution in [2.45, 2.75) is 26.0 Å². The minimum absolute atomic E-state index is 0.0465. The van der Waals surface area contributed by atoms with Gasteiger partial charge in [0.25, 0.3) is 0 Å². The summed E-state index contributed by atoms with van der Waals surface area (Å²) in [5.74, 6) is 0. The summed E-state index contributed by atoms with van der Waals surface area (Å²) >= 11 is 0. The van der Waals surface area contributed by atoms with E-state index in [1.165, 1.54) is 16.3 Å². The van der Waals surface area contributed by atoms with Gasteiger partial charge in [-0.1, -0.05) is 49.4 Å². The van der Waals surface area contributed by atoms with E-state index < -0.39 is 0 Å².